The lowest BCUT2D eigenvalue weighted by atomic mass is 10.0. The predicted molar refractivity (Wildman–Crippen MR) is 120 cm³/mol. The van der Waals surface area contributed by atoms with Crippen LogP contribution in [-0.4, -0.2) is 55.2 Å². The lowest BCUT2D eigenvalue weighted by Gasteiger charge is -2.33. The number of hydrogen-bond donors (Lipinski definition) is 1. The van der Waals surface area contributed by atoms with Crippen LogP contribution in [0.2, 0.25) is 5.02 Å². The van der Waals surface area contributed by atoms with Crippen LogP contribution in [0.4, 0.5) is 0 Å². The first-order valence-electron chi connectivity index (χ1n) is 10.5. The fourth-order valence-corrected chi connectivity index (χ4v) is 3.71. The Bertz CT molecular complexity index is 875. The number of rotatable bonds is 8. The maximum Gasteiger partial charge on any atom is 0.329 e. The summed E-state index contributed by atoms with van der Waals surface area (Å²) in [5, 5.41) is 3.09. The minimum atomic E-state index is -0.771. The number of esters is 1. The van der Waals surface area contributed by atoms with Gasteiger partial charge in [0.2, 0.25) is 0 Å². The van der Waals surface area contributed by atoms with E-state index in [0.29, 0.717) is 23.7 Å². The Morgan fingerprint density at radius 1 is 1.16 bits per heavy atom. The van der Waals surface area contributed by atoms with E-state index in [2.05, 4.69) is 22.3 Å². The van der Waals surface area contributed by atoms with Crippen LogP contribution in [-0.2, 0) is 20.8 Å². The highest BCUT2D eigenvalue weighted by molar-refractivity contribution is 6.33. The molecule has 1 N–H and O–H groups in total. The van der Waals surface area contributed by atoms with Crippen LogP contribution < -0.4 is 5.32 Å². The molecule has 2 aromatic carbocycles. The smallest absolute Gasteiger partial charge is 0.329 e. The molecule has 6 nitrogen and oxygen atoms in total. The van der Waals surface area contributed by atoms with Gasteiger partial charge in [-0.25, -0.2) is 4.79 Å². The topological polar surface area (TPSA) is 67.9 Å². The SMILES string of the molecule is CC(C)C(NC(=O)c1ccccc1Cl)C(=O)OCC1CN(Cc2ccccc2)CCO1. The van der Waals surface area contributed by atoms with E-state index in [1.54, 1.807) is 24.3 Å². The van der Waals surface area contributed by atoms with E-state index in [9.17, 15) is 9.59 Å². The molecule has 0 radical (unpaired) electrons. The third-order valence-electron chi connectivity index (χ3n) is 5.21. The molecule has 1 saturated heterocycles. The van der Waals surface area contributed by atoms with Crippen LogP contribution in [0.5, 0.6) is 0 Å². The second-order valence-electron chi connectivity index (χ2n) is 8.02. The van der Waals surface area contributed by atoms with Crippen molar-refractivity contribution in [2.75, 3.05) is 26.3 Å². The summed E-state index contributed by atoms with van der Waals surface area (Å²) in [6.07, 6.45) is -0.200. The van der Waals surface area contributed by atoms with Crippen molar-refractivity contribution in [3.05, 3.63) is 70.7 Å². The molecule has 2 atom stereocenters. The van der Waals surface area contributed by atoms with Crippen molar-refractivity contribution in [1.82, 2.24) is 10.2 Å². The maximum atomic E-state index is 12.7. The molecular formula is C24H29ClN2O4. The lowest BCUT2D eigenvalue weighted by molar-refractivity contribution is -0.154. The Morgan fingerprint density at radius 2 is 1.87 bits per heavy atom. The molecule has 0 aliphatic carbocycles. The molecule has 1 aliphatic rings. The molecule has 0 spiro atoms. The van der Waals surface area contributed by atoms with Gasteiger partial charge in [-0.05, 0) is 23.6 Å². The molecule has 0 bridgehead atoms. The van der Waals surface area contributed by atoms with Crippen molar-refractivity contribution in [2.45, 2.75) is 32.5 Å². The highest BCUT2D eigenvalue weighted by Gasteiger charge is 2.29. The highest BCUT2D eigenvalue weighted by Crippen LogP contribution is 2.16. The number of carbonyl (C=O) groups excluding carboxylic acids is 2. The Morgan fingerprint density at radius 3 is 2.58 bits per heavy atom. The zero-order chi connectivity index (χ0) is 22.2. The van der Waals surface area contributed by atoms with Gasteiger partial charge in [-0.1, -0.05) is 67.9 Å². The van der Waals surface area contributed by atoms with Gasteiger partial charge in [0.15, 0.2) is 0 Å². The number of amides is 1. The summed E-state index contributed by atoms with van der Waals surface area (Å²) in [5.41, 5.74) is 1.57. The molecule has 2 unspecified atom stereocenters. The third-order valence-corrected chi connectivity index (χ3v) is 5.54. The monoisotopic (exact) mass is 444 g/mol. The van der Waals surface area contributed by atoms with E-state index < -0.39 is 17.9 Å². The Hall–Kier alpha value is -2.41. The van der Waals surface area contributed by atoms with Gasteiger partial charge in [-0.2, -0.15) is 0 Å². The normalized spacial score (nSPS) is 17.9. The van der Waals surface area contributed by atoms with Crippen molar-refractivity contribution < 1.29 is 19.1 Å². The predicted octanol–water partition coefficient (Wildman–Crippen LogP) is 3.54. The lowest BCUT2D eigenvalue weighted by Crippen LogP contribution is -2.48. The van der Waals surface area contributed by atoms with E-state index in [0.717, 1.165) is 13.1 Å². The summed E-state index contributed by atoms with van der Waals surface area (Å²) >= 11 is 6.10. The molecule has 0 aromatic heterocycles. The fourth-order valence-electron chi connectivity index (χ4n) is 3.49. The number of nitrogens with one attached hydrogen (secondary N) is 1. The van der Waals surface area contributed by atoms with Gasteiger partial charge in [-0.15, -0.1) is 0 Å². The molecular weight excluding hydrogens is 416 g/mol. The molecule has 1 amide bonds. The minimum absolute atomic E-state index is 0.138. The average molecular weight is 445 g/mol. The van der Waals surface area contributed by atoms with Crippen molar-refractivity contribution in [1.29, 1.82) is 0 Å². The number of ether oxygens (including phenoxy) is 2. The zero-order valence-electron chi connectivity index (χ0n) is 17.9. The first-order chi connectivity index (χ1) is 14.9. The second kappa shape index (κ2) is 11.3. The van der Waals surface area contributed by atoms with Gasteiger partial charge in [0.05, 0.1) is 17.2 Å². The van der Waals surface area contributed by atoms with Crippen LogP contribution in [0.3, 0.4) is 0 Å². The molecule has 31 heavy (non-hydrogen) atoms. The van der Waals surface area contributed by atoms with Gasteiger partial charge in [0.25, 0.3) is 5.91 Å². The molecule has 3 rings (SSSR count). The van der Waals surface area contributed by atoms with Crippen molar-refractivity contribution in [3.63, 3.8) is 0 Å². The molecule has 7 heteroatoms. The van der Waals surface area contributed by atoms with E-state index in [1.165, 1.54) is 5.56 Å². The van der Waals surface area contributed by atoms with Crippen LogP contribution in [0.25, 0.3) is 0 Å². The van der Waals surface area contributed by atoms with E-state index >= 15 is 0 Å². The standard InChI is InChI=1S/C24H29ClN2O4/c1-17(2)22(26-23(28)20-10-6-7-11-21(20)25)24(29)31-16-19-15-27(12-13-30-19)14-18-8-4-3-5-9-18/h3-11,17,19,22H,12-16H2,1-2H3,(H,26,28). The van der Waals surface area contributed by atoms with Gasteiger partial charge in [0.1, 0.15) is 18.8 Å². The van der Waals surface area contributed by atoms with Gasteiger partial charge < -0.3 is 14.8 Å². The largest absolute Gasteiger partial charge is 0.461 e. The second-order valence-corrected chi connectivity index (χ2v) is 8.43. The van der Waals surface area contributed by atoms with E-state index in [1.807, 2.05) is 32.0 Å². The molecule has 1 aliphatic heterocycles. The first kappa shape index (κ1) is 23.3. The Labute approximate surface area is 188 Å². The molecule has 1 fully saturated rings. The van der Waals surface area contributed by atoms with Gasteiger partial charge in [-0.3, -0.25) is 9.69 Å². The quantitative estimate of drug-likeness (QED) is 0.631. The number of hydrogen-bond acceptors (Lipinski definition) is 5. The van der Waals surface area contributed by atoms with Crippen LogP contribution in [0.15, 0.2) is 54.6 Å². The van der Waals surface area contributed by atoms with Gasteiger partial charge in [0, 0.05) is 19.6 Å². The fraction of sp³-hybridized carbons (Fsp3) is 0.417. The third kappa shape index (κ3) is 6.79. The number of benzene rings is 2. The Balaban J connectivity index is 1.52. The number of carbonyl (C=O) groups is 2. The summed E-state index contributed by atoms with van der Waals surface area (Å²) < 4.78 is 11.3. The van der Waals surface area contributed by atoms with Crippen molar-refractivity contribution >= 4 is 23.5 Å². The molecule has 2 aromatic rings. The molecule has 166 valence electrons. The summed E-state index contributed by atoms with van der Waals surface area (Å²) in [5.74, 6) is -1.01. The van der Waals surface area contributed by atoms with Crippen molar-refractivity contribution in [3.8, 4) is 0 Å². The Kier molecular flexibility index (Phi) is 8.46. The maximum absolute atomic E-state index is 12.7. The highest BCUT2D eigenvalue weighted by atomic mass is 35.5. The van der Waals surface area contributed by atoms with Crippen LogP contribution in [0, 0.1) is 5.92 Å². The summed E-state index contributed by atoms with van der Waals surface area (Å²) in [6, 6.07) is 16.2. The van der Waals surface area contributed by atoms with Crippen molar-refractivity contribution in [2.24, 2.45) is 5.92 Å². The van der Waals surface area contributed by atoms with Crippen LogP contribution in [0.1, 0.15) is 29.8 Å². The first-order valence-corrected chi connectivity index (χ1v) is 10.9. The number of halogens is 1. The van der Waals surface area contributed by atoms with E-state index in [-0.39, 0.29) is 18.6 Å². The van der Waals surface area contributed by atoms with Gasteiger partial charge >= 0.3 is 5.97 Å². The van der Waals surface area contributed by atoms with E-state index in [4.69, 9.17) is 21.1 Å². The van der Waals surface area contributed by atoms with Crippen LogP contribution >= 0.6 is 11.6 Å². The number of nitrogens with zero attached hydrogens (tertiary/aromatic N) is 1. The summed E-state index contributed by atoms with van der Waals surface area (Å²) in [6.45, 7) is 6.80. The summed E-state index contributed by atoms with van der Waals surface area (Å²) in [7, 11) is 0. The average Bonchev–Trinajstić information content (AvgIpc) is 2.77. The molecule has 0 saturated carbocycles. The summed E-state index contributed by atoms with van der Waals surface area (Å²) in [4.78, 5) is 27.6. The number of morpholine rings is 1. The molecule has 1 heterocycles. The minimum Gasteiger partial charge on any atom is -0.461 e. The zero-order valence-corrected chi connectivity index (χ0v) is 18.7.